The van der Waals surface area contributed by atoms with Crippen molar-refractivity contribution in [2.45, 2.75) is 44.1 Å². The first kappa shape index (κ1) is 21.8. The maximum atomic E-state index is 12.4. The highest BCUT2D eigenvalue weighted by Crippen LogP contribution is 2.28. The Labute approximate surface area is 185 Å². The fourth-order valence-electron chi connectivity index (χ4n) is 3.83. The van der Waals surface area contributed by atoms with Crippen molar-refractivity contribution >= 4 is 5.91 Å². The minimum atomic E-state index is -0.478. The quantitative estimate of drug-likeness (QED) is 0.542. The molecule has 168 valence electrons. The normalized spacial score (nSPS) is 20.6. The van der Waals surface area contributed by atoms with E-state index in [0.29, 0.717) is 13.0 Å². The molecule has 3 aromatic rings. The highest BCUT2D eigenvalue weighted by Gasteiger charge is 2.32. The van der Waals surface area contributed by atoms with Crippen molar-refractivity contribution < 1.29 is 19.4 Å². The van der Waals surface area contributed by atoms with Crippen molar-refractivity contribution in [3.8, 4) is 17.0 Å². The maximum absolute atomic E-state index is 12.4. The molecule has 0 radical (unpaired) electrons. The molecule has 0 unspecified atom stereocenters. The van der Waals surface area contributed by atoms with E-state index >= 15 is 0 Å². The predicted molar refractivity (Wildman–Crippen MR) is 115 cm³/mol. The summed E-state index contributed by atoms with van der Waals surface area (Å²) in [4.78, 5) is 20.3. The Kier molecular flexibility index (Phi) is 7.03. The summed E-state index contributed by atoms with van der Waals surface area (Å²) in [5.74, 6) is 0.422. The van der Waals surface area contributed by atoms with Crippen molar-refractivity contribution in [1.82, 2.24) is 30.3 Å². The number of amides is 1. The molecule has 0 saturated carbocycles. The van der Waals surface area contributed by atoms with Crippen LogP contribution in [0.2, 0.25) is 0 Å². The number of ether oxygens (including phenoxy) is 2. The van der Waals surface area contributed by atoms with Gasteiger partial charge in [-0.3, -0.25) is 14.5 Å². The number of carbonyl (C=O) groups excluding carboxylic acids is 1. The number of nitrogens with zero attached hydrogens (tertiary/aromatic N) is 5. The number of carbonyl (C=O) groups is 1. The van der Waals surface area contributed by atoms with Crippen LogP contribution in [0.4, 0.5) is 0 Å². The molecule has 1 fully saturated rings. The van der Waals surface area contributed by atoms with Gasteiger partial charge < -0.3 is 19.9 Å². The molecule has 3 atom stereocenters. The second-order valence-electron chi connectivity index (χ2n) is 7.58. The molecule has 1 aromatic carbocycles. The molecule has 0 spiro atoms. The van der Waals surface area contributed by atoms with E-state index in [2.05, 4.69) is 25.6 Å². The average Bonchev–Trinajstić information content (AvgIpc) is 3.32. The summed E-state index contributed by atoms with van der Waals surface area (Å²) < 4.78 is 13.2. The summed E-state index contributed by atoms with van der Waals surface area (Å²) in [6.45, 7) is 0.449. The van der Waals surface area contributed by atoms with E-state index in [-0.39, 0.29) is 30.4 Å². The Balaban J connectivity index is 1.31. The molecule has 10 nitrogen and oxygen atoms in total. The van der Waals surface area contributed by atoms with E-state index in [4.69, 9.17) is 9.47 Å². The molecular formula is C22H26N6O4. The van der Waals surface area contributed by atoms with Gasteiger partial charge in [-0.2, -0.15) is 0 Å². The second-order valence-corrected chi connectivity index (χ2v) is 7.58. The van der Waals surface area contributed by atoms with Crippen LogP contribution >= 0.6 is 0 Å². The zero-order valence-corrected chi connectivity index (χ0v) is 17.8. The van der Waals surface area contributed by atoms with Crippen LogP contribution in [0, 0.1) is 0 Å². The first-order valence-electron chi connectivity index (χ1n) is 10.5. The standard InChI is InChI=1S/C22H26N6O4/c1-31-20-5-3-2-4-16(20)19-13-28(27-26-19)11-8-15-6-7-17(21(14-29)32-15)25-22(30)18-12-23-9-10-24-18/h2-5,9-10,12-13,15,17,21,29H,6-8,11,14H2,1H3,(H,25,30)/t15-,17+,21+/m1/s1. The third-order valence-electron chi connectivity index (χ3n) is 5.51. The van der Waals surface area contributed by atoms with Gasteiger partial charge in [0.2, 0.25) is 0 Å². The van der Waals surface area contributed by atoms with Gasteiger partial charge in [0.1, 0.15) is 23.2 Å². The Hall–Kier alpha value is -3.37. The average molecular weight is 438 g/mol. The number of rotatable bonds is 8. The molecule has 2 aromatic heterocycles. The molecule has 0 bridgehead atoms. The number of hydrogen-bond acceptors (Lipinski definition) is 8. The number of hydrogen-bond donors (Lipinski definition) is 2. The molecular weight excluding hydrogens is 412 g/mol. The lowest BCUT2D eigenvalue weighted by Gasteiger charge is -2.36. The maximum Gasteiger partial charge on any atom is 0.271 e. The first-order chi connectivity index (χ1) is 15.7. The van der Waals surface area contributed by atoms with Crippen molar-refractivity contribution in [2.75, 3.05) is 13.7 Å². The van der Waals surface area contributed by atoms with Gasteiger partial charge >= 0.3 is 0 Å². The van der Waals surface area contributed by atoms with Gasteiger partial charge in [0.25, 0.3) is 5.91 Å². The van der Waals surface area contributed by atoms with Crippen molar-refractivity contribution in [2.24, 2.45) is 0 Å². The van der Waals surface area contributed by atoms with Gasteiger partial charge in [-0.05, 0) is 31.4 Å². The number of nitrogens with one attached hydrogen (secondary N) is 1. The van der Waals surface area contributed by atoms with Crippen molar-refractivity contribution in [3.63, 3.8) is 0 Å². The van der Waals surface area contributed by atoms with Crippen LogP contribution in [0.25, 0.3) is 11.3 Å². The van der Waals surface area contributed by atoms with E-state index in [9.17, 15) is 9.90 Å². The van der Waals surface area contributed by atoms with Crippen LogP contribution < -0.4 is 10.1 Å². The van der Waals surface area contributed by atoms with Crippen LogP contribution in [0.1, 0.15) is 29.8 Å². The van der Waals surface area contributed by atoms with Crippen molar-refractivity contribution in [1.29, 1.82) is 0 Å². The van der Waals surface area contributed by atoms with Gasteiger partial charge in [0, 0.05) is 24.5 Å². The van der Waals surface area contributed by atoms with Crippen LogP contribution in [-0.2, 0) is 11.3 Å². The number of aromatic nitrogens is 5. The third-order valence-corrected chi connectivity index (χ3v) is 5.51. The summed E-state index contributed by atoms with van der Waals surface area (Å²) in [7, 11) is 1.63. The van der Waals surface area contributed by atoms with Gasteiger partial charge in [-0.25, -0.2) is 4.98 Å². The topological polar surface area (TPSA) is 124 Å². The summed E-state index contributed by atoms with van der Waals surface area (Å²) in [6, 6.07) is 7.39. The van der Waals surface area contributed by atoms with E-state index in [1.807, 2.05) is 30.5 Å². The van der Waals surface area contributed by atoms with E-state index < -0.39 is 6.10 Å². The molecule has 1 saturated heterocycles. The number of aryl methyl sites for hydroxylation is 1. The predicted octanol–water partition coefficient (Wildman–Crippen LogP) is 1.47. The van der Waals surface area contributed by atoms with Crippen LogP contribution in [0.15, 0.2) is 49.1 Å². The lowest BCUT2D eigenvalue weighted by atomic mass is 9.97. The number of aliphatic hydroxyl groups excluding tert-OH is 1. The lowest BCUT2D eigenvalue weighted by molar-refractivity contribution is -0.0912. The highest BCUT2D eigenvalue weighted by atomic mass is 16.5. The SMILES string of the molecule is COc1ccccc1-c1cn(CC[C@H]2CC[C@H](NC(=O)c3cnccn3)[C@H](CO)O2)nn1. The van der Waals surface area contributed by atoms with Gasteiger partial charge in [-0.15, -0.1) is 5.10 Å². The minimum absolute atomic E-state index is 0.0456. The molecule has 1 aliphatic heterocycles. The fraction of sp³-hybridized carbons (Fsp3) is 0.409. The van der Waals surface area contributed by atoms with E-state index in [1.54, 1.807) is 11.8 Å². The zero-order chi connectivity index (χ0) is 22.3. The Bertz CT molecular complexity index is 1030. The molecule has 2 N–H and O–H groups in total. The Morgan fingerprint density at radius 3 is 2.97 bits per heavy atom. The number of benzene rings is 1. The molecule has 0 aliphatic carbocycles. The molecule has 1 amide bonds. The lowest BCUT2D eigenvalue weighted by Crippen LogP contribution is -2.51. The Morgan fingerprint density at radius 2 is 2.19 bits per heavy atom. The second kappa shape index (κ2) is 10.3. The molecule has 10 heteroatoms. The van der Waals surface area contributed by atoms with Gasteiger partial charge in [-0.1, -0.05) is 17.3 Å². The van der Waals surface area contributed by atoms with Crippen LogP contribution in [0.5, 0.6) is 5.75 Å². The zero-order valence-electron chi connectivity index (χ0n) is 17.8. The van der Waals surface area contributed by atoms with Crippen LogP contribution in [-0.4, -0.2) is 67.9 Å². The first-order valence-corrected chi connectivity index (χ1v) is 10.5. The monoisotopic (exact) mass is 438 g/mol. The van der Waals surface area contributed by atoms with Crippen LogP contribution in [0.3, 0.4) is 0 Å². The molecule has 1 aliphatic rings. The molecule has 32 heavy (non-hydrogen) atoms. The summed E-state index contributed by atoms with van der Waals surface area (Å²) in [6.07, 6.45) is 7.93. The third kappa shape index (κ3) is 5.09. The Morgan fingerprint density at radius 1 is 1.31 bits per heavy atom. The minimum Gasteiger partial charge on any atom is -0.496 e. The van der Waals surface area contributed by atoms with Gasteiger partial charge in [0.15, 0.2) is 0 Å². The summed E-state index contributed by atoms with van der Waals surface area (Å²) in [5, 5.41) is 21.2. The number of methoxy groups -OCH3 is 1. The molecule has 4 rings (SSSR count). The number of aliphatic hydroxyl groups is 1. The summed E-state index contributed by atoms with van der Waals surface area (Å²) in [5.41, 5.74) is 1.87. The van der Waals surface area contributed by atoms with Crippen molar-refractivity contribution in [3.05, 3.63) is 54.7 Å². The summed E-state index contributed by atoms with van der Waals surface area (Å²) >= 11 is 0. The van der Waals surface area contributed by atoms with E-state index in [1.165, 1.54) is 18.6 Å². The van der Waals surface area contributed by atoms with E-state index in [0.717, 1.165) is 29.8 Å². The smallest absolute Gasteiger partial charge is 0.271 e. The largest absolute Gasteiger partial charge is 0.496 e. The van der Waals surface area contributed by atoms with Gasteiger partial charge in [0.05, 0.1) is 38.3 Å². The fourth-order valence-corrected chi connectivity index (χ4v) is 3.83. The number of para-hydroxylation sites is 1. The highest BCUT2D eigenvalue weighted by molar-refractivity contribution is 5.92. The molecule has 3 heterocycles.